The number of hydrogen-bond acceptors (Lipinski definition) is 2. The molecule has 2 nitrogen and oxygen atoms in total. The molecule has 7 aliphatic rings. The van der Waals surface area contributed by atoms with Crippen molar-refractivity contribution in [2.24, 2.45) is 23.7 Å². The normalized spacial score (nSPS) is 28.5. The van der Waals surface area contributed by atoms with Crippen molar-refractivity contribution < 1.29 is 4.74 Å². The third-order valence-corrected chi connectivity index (χ3v) is 17.1. The zero-order valence-corrected chi connectivity index (χ0v) is 36.3. The van der Waals surface area contributed by atoms with Gasteiger partial charge in [0.05, 0.1) is 0 Å². The molecule has 0 amide bonds. The minimum atomic E-state index is -0.000206. The molecule has 6 aliphatic carbocycles. The molecule has 0 radical (unpaired) electrons. The van der Waals surface area contributed by atoms with E-state index in [2.05, 4.69) is 163 Å². The Kier molecular flexibility index (Phi) is 7.84. The van der Waals surface area contributed by atoms with Gasteiger partial charge >= 0.3 is 0 Å². The van der Waals surface area contributed by atoms with E-state index in [9.17, 15) is 0 Å². The average molecular weight is 766 g/mol. The Morgan fingerprint density at radius 3 is 1.50 bits per heavy atom. The number of fused-ring (bicyclic) bond motifs is 4. The van der Waals surface area contributed by atoms with Crippen LogP contribution < -0.4 is 9.64 Å². The molecule has 0 N–H and O–H groups in total. The van der Waals surface area contributed by atoms with E-state index in [0.717, 1.165) is 23.3 Å². The summed E-state index contributed by atoms with van der Waals surface area (Å²) < 4.78 is 6.89. The summed E-state index contributed by atoms with van der Waals surface area (Å²) in [4.78, 5) is 2.56. The van der Waals surface area contributed by atoms with Crippen LogP contribution in [-0.4, -0.2) is 0 Å². The first-order chi connectivity index (χ1) is 27.6. The first-order valence-corrected chi connectivity index (χ1v) is 22.8. The third kappa shape index (κ3) is 5.34. The van der Waals surface area contributed by atoms with E-state index >= 15 is 0 Å². The molecular formula is C56H63NO. The second kappa shape index (κ2) is 12.4. The number of rotatable bonds is 4. The fourth-order valence-corrected chi connectivity index (χ4v) is 13.8. The Hall–Kier alpha value is -4.30. The molecule has 0 atom stereocenters. The molecule has 58 heavy (non-hydrogen) atoms. The van der Waals surface area contributed by atoms with Crippen LogP contribution in [0.4, 0.5) is 17.1 Å². The van der Waals surface area contributed by atoms with Crippen molar-refractivity contribution in [2.75, 3.05) is 4.90 Å². The number of anilines is 3. The fraction of sp³-hybridized carbons (Fsp3) is 0.464. The average Bonchev–Trinajstić information content (AvgIpc) is 3.20. The lowest BCUT2D eigenvalue weighted by Crippen LogP contribution is -2.57. The van der Waals surface area contributed by atoms with Crippen molar-refractivity contribution in [2.45, 2.75) is 140 Å². The molecule has 1 aliphatic heterocycles. The second-order valence-electron chi connectivity index (χ2n) is 22.4. The van der Waals surface area contributed by atoms with Gasteiger partial charge in [-0.25, -0.2) is 0 Å². The van der Waals surface area contributed by atoms with Gasteiger partial charge in [0.2, 0.25) is 0 Å². The van der Waals surface area contributed by atoms with Gasteiger partial charge in [0, 0.05) is 33.6 Å². The van der Waals surface area contributed by atoms with Gasteiger partial charge in [-0.15, -0.1) is 0 Å². The van der Waals surface area contributed by atoms with Gasteiger partial charge in [-0.2, -0.15) is 0 Å². The molecule has 4 bridgehead atoms. The predicted octanol–water partition coefficient (Wildman–Crippen LogP) is 15.4. The Bertz CT molecular complexity index is 2430. The largest absolute Gasteiger partial charge is 0.457 e. The monoisotopic (exact) mass is 765 g/mol. The first-order valence-electron chi connectivity index (χ1n) is 22.8. The standard InChI is InChI=1S/C56H63NO/c1-52(2)23-25-54(5,6)47-32-38(15-20-44(47)52)37-13-16-41(17-14-37)57(42-18-21-45-48(33-42)55(7,8)26-24-53(45,3)4)43-19-22-51-49(34-43)56(46-11-9-10-12-50(46)58-51)39-28-35-27-36(30-39)31-40(56)29-35/h9-22,32-36,39-40H,23-31H2,1-8H3. The van der Waals surface area contributed by atoms with Crippen molar-refractivity contribution >= 4 is 17.1 Å². The van der Waals surface area contributed by atoms with Gasteiger partial charge in [0.25, 0.3) is 0 Å². The fourth-order valence-electron chi connectivity index (χ4n) is 13.8. The van der Waals surface area contributed by atoms with Gasteiger partial charge in [-0.3, -0.25) is 0 Å². The van der Waals surface area contributed by atoms with Gasteiger partial charge in [0.1, 0.15) is 11.5 Å². The topological polar surface area (TPSA) is 12.5 Å². The zero-order chi connectivity index (χ0) is 40.0. The molecule has 5 aromatic carbocycles. The molecule has 12 rings (SSSR count). The first kappa shape index (κ1) is 36.8. The summed E-state index contributed by atoms with van der Waals surface area (Å²) in [6.07, 6.45) is 11.7. The highest BCUT2D eigenvalue weighted by Crippen LogP contribution is 2.69. The maximum absolute atomic E-state index is 6.89. The number of para-hydroxylation sites is 1. The van der Waals surface area contributed by atoms with Crippen molar-refractivity contribution in [3.63, 3.8) is 0 Å². The molecular weight excluding hydrogens is 703 g/mol. The van der Waals surface area contributed by atoms with Crippen LogP contribution in [0, 0.1) is 23.7 Å². The smallest absolute Gasteiger partial charge is 0.131 e. The molecule has 1 spiro atoms. The predicted molar refractivity (Wildman–Crippen MR) is 241 cm³/mol. The van der Waals surface area contributed by atoms with Gasteiger partial charge in [0.15, 0.2) is 0 Å². The number of hydrogen-bond donors (Lipinski definition) is 0. The van der Waals surface area contributed by atoms with Crippen LogP contribution in [-0.2, 0) is 27.1 Å². The molecule has 4 saturated carbocycles. The molecule has 1 heterocycles. The highest BCUT2D eigenvalue weighted by molar-refractivity contribution is 5.81. The van der Waals surface area contributed by atoms with Crippen LogP contribution in [0.3, 0.4) is 0 Å². The number of ether oxygens (including phenoxy) is 1. The Balaban J connectivity index is 1.07. The summed E-state index contributed by atoms with van der Waals surface area (Å²) in [5, 5.41) is 0. The van der Waals surface area contributed by atoms with Gasteiger partial charge < -0.3 is 9.64 Å². The van der Waals surface area contributed by atoms with Crippen molar-refractivity contribution in [1.82, 2.24) is 0 Å². The zero-order valence-electron chi connectivity index (χ0n) is 36.3. The molecule has 0 unspecified atom stereocenters. The molecule has 4 fully saturated rings. The van der Waals surface area contributed by atoms with Crippen LogP contribution in [0.15, 0.2) is 103 Å². The van der Waals surface area contributed by atoms with Gasteiger partial charge in [-0.05, 0) is 185 Å². The van der Waals surface area contributed by atoms with E-state index in [0.29, 0.717) is 11.8 Å². The van der Waals surface area contributed by atoms with Crippen LogP contribution in [0.5, 0.6) is 11.5 Å². The molecule has 298 valence electrons. The van der Waals surface area contributed by atoms with E-state index in [1.807, 2.05) is 0 Å². The minimum absolute atomic E-state index is 0.000206. The van der Waals surface area contributed by atoms with E-state index in [4.69, 9.17) is 4.74 Å². The van der Waals surface area contributed by atoms with E-state index in [-0.39, 0.29) is 27.1 Å². The summed E-state index contributed by atoms with van der Waals surface area (Å²) in [6, 6.07) is 40.5. The highest BCUT2D eigenvalue weighted by atomic mass is 16.5. The molecule has 0 aromatic heterocycles. The quantitative estimate of drug-likeness (QED) is 0.181. The summed E-state index contributed by atoms with van der Waals surface area (Å²) in [7, 11) is 0. The van der Waals surface area contributed by atoms with Crippen LogP contribution in [0.1, 0.15) is 147 Å². The number of benzene rings is 5. The third-order valence-electron chi connectivity index (χ3n) is 17.1. The van der Waals surface area contributed by atoms with Gasteiger partial charge in [-0.1, -0.05) is 110 Å². The van der Waals surface area contributed by atoms with E-state index < -0.39 is 0 Å². The Labute approximate surface area is 348 Å². The molecule has 2 heteroatoms. The van der Waals surface area contributed by atoms with Crippen molar-refractivity contribution in [3.05, 3.63) is 137 Å². The summed E-state index contributed by atoms with van der Waals surface area (Å²) >= 11 is 0. The summed E-state index contributed by atoms with van der Waals surface area (Å²) in [5.41, 5.74) is 15.8. The molecule has 0 saturated heterocycles. The molecule has 5 aromatic rings. The lowest BCUT2D eigenvalue weighted by molar-refractivity contribution is -0.0452. The Morgan fingerprint density at radius 1 is 0.414 bits per heavy atom. The number of nitrogens with zero attached hydrogens (tertiary/aromatic N) is 1. The van der Waals surface area contributed by atoms with E-state index in [1.54, 1.807) is 0 Å². The SMILES string of the molecule is CC1(C)CCC(C)(C)c2cc(-c3ccc(N(c4ccc5c(c4)C(C)(C)CCC5(C)C)c4ccc5c(c4)C4(c6ccccc6O5)C5CC6CC(C5)CC4C6)cc3)ccc21. The maximum Gasteiger partial charge on any atom is 0.131 e. The van der Waals surface area contributed by atoms with Crippen LogP contribution in [0.25, 0.3) is 11.1 Å². The maximum atomic E-state index is 6.89. The minimum Gasteiger partial charge on any atom is -0.457 e. The summed E-state index contributed by atoms with van der Waals surface area (Å²) in [6.45, 7) is 19.5. The van der Waals surface area contributed by atoms with E-state index in [1.165, 1.54) is 119 Å². The lowest BCUT2D eigenvalue weighted by Gasteiger charge is -2.63. The van der Waals surface area contributed by atoms with Crippen LogP contribution in [0.2, 0.25) is 0 Å². The van der Waals surface area contributed by atoms with Crippen LogP contribution >= 0.6 is 0 Å². The van der Waals surface area contributed by atoms with Crippen molar-refractivity contribution in [1.29, 1.82) is 0 Å². The second-order valence-corrected chi connectivity index (χ2v) is 22.4. The highest BCUT2D eigenvalue weighted by Gasteiger charge is 2.61. The van der Waals surface area contributed by atoms with Crippen molar-refractivity contribution in [3.8, 4) is 22.6 Å². The lowest BCUT2D eigenvalue weighted by atomic mass is 9.42. The Morgan fingerprint density at radius 2 is 0.879 bits per heavy atom. The summed E-state index contributed by atoms with van der Waals surface area (Å²) in [5.74, 6) is 5.25.